The maximum absolute atomic E-state index is 12.2. The van der Waals surface area contributed by atoms with E-state index in [0.29, 0.717) is 11.2 Å². The maximum atomic E-state index is 12.2. The van der Waals surface area contributed by atoms with Crippen LogP contribution in [0.25, 0.3) is 0 Å². The number of ether oxygens (including phenoxy) is 1. The number of aliphatic hydroxyl groups excluding tert-OH is 2. The Balaban J connectivity index is 2.78. The molecular weight excluding hydrogens is 338 g/mol. The van der Waals surface area contributed by atoms with Gasteiger partial charge in [-0.25, -0.2) is 4.79 Å². The summed E-state index contributed by atoms with van der Waals surface area (Å²) in [6, 6.07) is -0.402. The summed E-state index contributed by atoms with van der Waals surface area (Å²) >= 11 is 1.55. The molecule has 1 saturated carbocycles. The van der Waals surface area contributed by atoms with Crippen LogP contribution in [-0.2, 0) is 4.74 Å². The molecule has 25 heavy (non-hydrogen) atoms. The number of carbonyl (C=O) groups excluding carboxylic acids is 1. The Morgan fingerprint density at radius 2 is 1.84 bits per heavy atom. The molecule has 0 aliphatic heterocycles. The number of hydrogen-bond donors (Lipinski definition) is 3. The zero-order valence-corrected chi connectivity index (χ0v) is 17.3. The largest absolute Gasteiger partial charge is 0.444 e. The first kappa shape index (κ1) is 22.6. The third-order valence-corrected chi connectivity index (χ3v) is 5.76. The van der Waals surface area contributed by atoms with Crippen LogP contribution in [0.15, 0.2) is 0 Å². The highest BCUT2D eigenvalue weighted by atomic mass is 32.2. The predicted molar refractivity (Wildman–Crippen MR) is 104 cm³/mol. The van der Waals surface area contributed by atoms with Crippen LogP contribution >= 0.6 is 11.8 Å². The fourth-order valence-electron chi connectivity index (χ4n) is 3.36. The molecule has 1 amide bonds. The maximum Gasteiger partial charge on any atom is 0.407 e. The van der Waals surface area contributed by atoms with Gasteiger partial charge in [-0.1, -0.05) is 46.0 Å². The van der Waals surface area contributed by atoms with Crippen molar-refractivity contribution in [3.05, 3.63) is 0 Å². The van der Waals surface area contributed by atoms with E-state index in [1.807, 2.05) is 34.6 Å². The zero-order valence-electron chi connectivity index (χ0n) is 16.5. The van der Waals surface area contributed by atoms with Gasteiger partial charge in [0.25, 0.3) is 0 Å². The van der Waals surface area contributed by atoms with Crippen LogP contribution in [-0.4, -0.2) is 51.2 Å². The third-order valence-electron chi connectivity index (χ3n) is 4.43. The Bertz CT molecular complexity index is 391. The quantitative estimate of drug-likeness (QED) is 0.603. The molecule has 3 N–H and O–H groups in total. The van der Waals surface area contributed by atoms with E-state index in [1.165, 1.54) is 19.3 Å². The molecule has 0 spiro atoms. The van der Waals surface area contributed by atoms with Crippen molar-refractivity contribution >= 4 is 17.9 Å². The average Bonchev–Trinajstić information content (AvgIpc) is 2.50. The van der Waals surface area contributed by atoms with Gasteiger partial charge in [-0.15, -0.1) is 0 Å². The van der Waals surface area contributed by atoms with Crippen molar-refractivity contribution in [1.29, 1.82) is 0 Å². The summed E-state index contributed by atoms with van der Waals surface area (Å²) in [6.45, 7) is 9.44. The zero-order chi connectivity index (χ0) is 19.0. The van der Waals surface area contributed by atoms with Crippen molar-refractivity contribution < 1.29 is 19.7 Å². The Labute approximate surface area is 157 Å². The monoisotopic (exact) mass is 375 g/mol. The molecule has 148 valence electrons. The molecule has 0 aromatic heterocycles. The minimum Gasteiger partial charge on any atom is -0.444 e. The average molecular weight is 376 g/mol. The first-order valence-corrected chi connectivity index (χ1v) is 10.5. The molecule has 1 fully saturated rings. The molecule has 0 bridgehead atoms. The van der Waals surface area contributed by atoms with E-state index in [-0.39, 0.29) is 11.9 Å². The van der Waals surface area contributed by atoms with Crippen LogP contribution in [0, 0.1) is 5.92 Å². The number of nitrogens with one attached hydrogen (secondary N) is 1. The summed E-state index contributed by atoms with van der Waals surface area (Å²) < 4.78 is 5.37. The highest BCUT2D eigenvalue weighted by Gasteiger charge is 2.33. The fourth-order valence-corrected chi connectivity index (χ4v) is 4.50. The molecule has 0 heterocycles. The topological polar surface area (TPSA) is 78.8 Å². The summed E-state index contributed by atoms with van der Waals surface area (Å²) in [6.07, 6.45) is 5.40. The van der Waals surface area contributed by atoms with E-state index in [0.717, 1.165) is 19.3 Å². The second-order valence-corrected chi connectivity index (χ2v) is 10.2. The van der Waals surface area contributed by atoms with Gasteiger partial charge in [-0.2, -0.15) is 11.8 Å². The van der Waals surface area contributed by atoms with Crippen LogP contribution in [0.5, 0.6) is 0 Å². The van der Waals surface area contributed by atoms with Crippen molar-refractivity contribution in [2.45, 2.75) is 101 Å². The molecule has 1 aliphatic rings. The van der Waals surface area contributed by atoms with Gasteiger partial charge in [0.05, 0.1) is 24.0 Å². The van der Waals surface area contributed by atoms with Crippen molar-refractivity contribution in [2.75, 3.05) is 6.61 Å². The molecule has 3 atom stereocenters. The minimum absolute atomic E-state index is 0.110. The number of amides is 1. The summed E-state index contributed by atoms with van der Waals surface area (Å²) in [5.41, 5.74) is -0.576. The molecule has 0 aromatic carbocycles. The van der Waals surface area contributed by atoms with Gasteiger partial charge in [0.2, 0.25) is 0 Å². The molecule has 0 unspecified atom stereocenters. The van der Waals surface area contributed by atoms with Crippen LogP contribution < -0.4 is 5.32 Å². The van der Waals surface area contributed by atoms with Crippen molar-refractivity contribution in [3.63, 3.8) is 0 Å². The summed E-state index contributed by atoms with van der Waals surface area (Å²) in [7, 11) is 0. The van der Waals surface area contributed by atoms with Crippen molar-refractivity contribution in [3.8, 4) is 0 Å². The van der Waals surface area contributed by atoms with Crippen molar-refractivity contribution in [2.24, 2.45) is 5.92 Å². The second-order valence-electron chi connectivity index (χ2n) is 8.39. The first-order chi connectivity index (χ1) is 11.6. The molecule has 0 radical (unpaired) electrons. The lowest BCUT2D eigenvalue weighted by Gasteiger charge is -2.34. The highest BCUT2D eigenvalue weighted by molar-refractivity contribution is 8.00. The predicted octanol–water partition coefficient (Wildman–Crippen LogP) is 3.71. The van der Waals surface area contributed by atoms with Gasteiger partial charge in [-0.3, -0.25) is 0 Å². The Hall–Kier alpha value is -0.460. The van der Waals surface area contributed by atoms with Crippen LogP contribution in [0.1, 0.15) is 73.1 Å². The number of aliphatic hydroxyl groups is 2. The molecule has 1 aliphatic carbocycles. The van der Waals surface area contributed by atoms with E-state index in [9.17, 15) is 15.0 Å². The second kappa shape index (κ2) is 10.6. The van der Waals surface area contributed by atoms with E-state index in [2.05, 4.69) is 5.32 Å². The number of hydrogen-bond acceptors (Lipinski definition) is 5. The van der Waals surface area contributed by atoms with Gasteiger partial charge in [0.1, 0.15) is 5.60 Å². The number of thioether (sulfide) groups is 1. The molecule has 5 nitrogen and oxygen atoms in total. The van der Waals surface area contributed by atoms with Crippen LogP contribution in [0.3, 0.4) is 0 Å². The Kier molecular flexibility index (Phi) is 9.60. The smallest absolute Gasteiger partial charge is 0.407 e. The van der Waals surface area contributed by atoms with Crippen molar-refractivity contribution in [1.82, 2.24) is 5.32 Å². The van der Waals surface area contributed by atoms with Gasteiger partial charge in [-0.05, 0) is 38.4 Å². The molecule has 1 rings (SSSR count). The Morgan fingerprint density at radius 1 is 1.24 bits per heavy atom. The molecule has 0 aromatic rings. The SMILES string of the molecule is CC(C)S[C@@H](CO)[C@@H](O)[C@H](CC1CCCCC1)NC(=O)OC(C)(C)C. The number of carbonyl (C=O) groups is 1. The molecule has 0 saturated heterocycles. The van der Waals surface area contributed by atoms with E-state index in [4.69, 9.17) is 4.74 Å². The van der Waals surface area contributed by atoms with E-state index >= 15 is 0 Å². The minimum atomic E-state index is -0.799. The highest BCUT2D eigenvalue weighted by Crippen LogP contribution is 2.30. The number of alkyl carbamates (subject to hydrolysis) is 1. The Morgan fingerprint density at radius 3 is 2.32 bits per heavy atom. The van der Waals surface area contributed by atoms with Gasteiger partial charge < -0.3 is 20.3 Å². The summed E-state index contributed by atoms with van der Waals surface area (Å²) in [5, 5.41) is 23.4. The lowest BCUT2D eigenvalue weighted by Crippen LogP contribution is -2.51. The molecular formula is C19H37NO4S. The van der Waals surface area contributed by atoms with Gasteiger partial charge in [0, 0.05) is 0 Å². The standard InChI is InChI=1S/C19H37NO4S/c1-13(2)25-16(12-21)17(22)15(11-14-9-7-6-8-10-14)20-18(23)24-19(3,4)5/h13-17,21-22H,6-12H2,1-5H3,(H,20,23)/t15-,16-,17-/m0/s1. The van der Waals surface area contributed by atoms with E-state index < -0.39 is 23.8 Å². The first-order valence-electron chi connectivity index (χ1n) is 9.56. The third kappa shape index (κ3) is 9.15. The van der Waals surface area contributed by atoms with Gasteiger partial charge >= 0.3 is 6.09 Å². The van der Waals surface area contributed by atoms with Gasteiger partial charge in [0.15, 0.2) is 0 Å². The summed E-state index contributed by atoms with van der Waals surface area (Å²) in [4.78, 5) is 12.2. The lowest BCUT2D eigenvalue weighted by molar-refractivity contribution is 0.0365. The fraction of sp³-hybridized carbons (Fsp3) is 0.947. The van der Waals surface area contributed by atoms with Crippen LogP contribution in [0.4, 0.5) is 4.79 Å². The normalized spacial score (nSPS) is 20.2. The lowest BCUT2D eigenvalue weighted by atomic mass is 9.83. The van der Waals surface area contributed by atoms with Crippen LogP contribution in [0.2, 0.25) is 0 Å². The number of rotatable bonds is 8. The molecule has 6 heteroatoms. The van der Waals surface area contributed by atoms with E-state index in [1.54, 1.807) is 11.8 Å². The summed E-state index contributed by atoms with van der Waals surface area (Å²) in [5.74, 6) is 0.506.